The summed E-state index contributed by atoms with van der Waals surface area (Å²) in [4.78, 5) is 13.4. The normalized spacial score (nSPS) is 15.8. The molecule has 0 bridgehead atoms. The molecule has 1 atom stereocenters. The summed E-state index contributed by atoms with van der Waals surface area (Å²) in [5.41, 5.74) is 3.27. The van der Waals surface area contributed by atoms with Gasteiger partial charge < -0.3 is 4.57 Å². The predicted octanol–water partition coefficient (Wildman–Crippen LogP) is 4.99. The summed E-state index contributed by atoms with van der Waals surface area (Å²) in [5.74, 6) is -2.47. The fraction of sp³-hybridized carbons (Fsp3) is 0.250. The van der Waals surface area contributed by atoms with Gasteiger partial charge in [0.05, 0.1) is 29.1 Å². The van der Waals surface area contributed by atoms with E-state index in [0.29, 0.717) is 43.2 Å². The molecular formula is C24H21F3N6. The lowest BCUT2D eigenvalue weighted by Gasteiger charge is -2.23. The topological polar surface area (TPSA) is 61.4 Å². The molecule has 0 radical (unpaired) electrons. The van der Waals surface area contributed by atoms with Gasteiger partial charge in [0.25, 0.3) is 0 Å². The van der Waals surface area contributed by atoms with E-state index in [-0.39, 0.29) is 5.56 Å². The van der Waals surface area contributed by atoms with Crippen LogP contribution in [0, 0.1) is 31.3 Å². The van der Waals surface area contributed by atoms with E-state index < -0.39 is 23.4 Å². The molecule has 9 heteroatoms. The largest absolute Gasteiger partial charge is 0.304 e. The molecule has 6 nitrogen and oxygen atoms in total. The summed E-state index contributed by atoms with van der Waals surface area (Å²) in [5, 5.41) is 4.47. The van der Waals surface area contributed by atoms with E-state index in [2.05, 4.69) is 20.1 Å². The van der Waals surface area contributed by atoms with E-state index in [0.717, 1.165) is 22.8 Å². The Morgan fingerprint density at radius 2 is 1.82 bits per heavy atom. The van der Waals surface area contributed by atoms with Gasteiger partial charge in [0, 0.05) is 36.4 Å². The monoisotopic (exact) mass is 450 g/mol. The minimum Gasteiger partial charge on any atom is -0.304 e. The van der Waals surface area contributed by atoms with Crippen molar-refractivity contribution in [1.82, 2.24) is 29.3 Å². The summed E-state index contributed by atoms with van der Waals surface area (Å²) in [6.45, 7) is 4.46. The number of benzene rings is 1. The van der Waals surface area contributed by atoms with E-state index >= 15 is 0 Å². The maximum Gasteiger partial charge on any atom is 0.174 e. The predicted molar refractivity (Wildman–Crippen MR) is 117 cm³/mol. The van der Waals surface area contributed by atoms with Crippen LogP contribution in [-0.4, -0.2) is 29.3 Å². The highest BCUT2D eigenvalue weighted by molar-refractivity contribution is 5.65. The van der Waals surface area contributed by atoms with Crippen LogP contribution in [0.25, 0.3) is 17.8 Å². The lowest BCUT2D eigenvalue weighted by Crippen LogP contribution is -2.20. The molecule has 5 rings (SSSR count). The zero-order valence-corrected chi connectivity index (χ0v) is 18.1. The van der Waals surface area contributed by atoms with Crippen molar-refractivity contribution in [3.8, 4) is 5.69 Å². The highest BCUT2D eigenvalue weighted by Gasteiger charge is 2.30. The Hall–Kier alpha value is -3.75. The maximum absolute atomic E-state index is 14.4. The van der Waals surface area contributed by atoms with Crippen LogP contribution in [0.5, 0.6) is 0 Å². The average molecular weight is 450 g/mol. The first-order chi connectivity index (χ1) is 15.9. The number of pyridine rings is 1. The Balaban J connectivity index is 1.42. The summed E-state index contributed by atoms with van der Waals surface area (Å²) in [6.07, 6.45) is 8.40. The number of hydrogen-bond acceptors (Lipinski definition) is 4. The van der Waals surface area contributed by atoms with E-state index in [1.807, 2.05) is 36.7 Å². The Kier molecular flexibility index (Phi) is 5.32. The maximum atomic E-state index is 14.4. The van der Waals surface area contributed by atoms with Crippen molar-refractivity contribution >= 4 is 12.2 Å². The van der Waals surface area contributed by atoms with Crippen molar-refractivity contribution in [2.24, 2.45) is 0 Å². The summed E-state index contributed by atoms with van der Waals surface area (Å²) < 4.78 is 45.7. The lowest BCUT2D eigenvalue weighted by molar-refractivity contribution is 0.421. The molecule has 1 aliphatic rings. The first-order valence-corrected chi connectivity index (χ1v) is 10.6. The van der Waals surface area contributed by atoms with Gasteiger partial charge in [-0.2, -0.15) is 5.10 Å². The van der Waals surface area contributed by atoms with E-state index in [9.17, 15) is 13.2 Å². The molecule has 0 aliphatic carbocycles. The molecule has 1 aromatic carbocycles. The van der Waals surface area contributed by atoms with Crippen LogP contribution in [0.2, 0.25) is 0 Å². The molecule has 168 valence electrons. The van der Waals surface area contributed by atoms with E-state index in [4.69, 9.17) is 0 Å². The smallest absolute Gasteiger partial charge is 0.174 e. The Labute approximate surface area is 188 Å². The number of rotatable bonds is 4. The number of nitrogens with zero attached hydrogens (tertiary/aromatic N) is 6. The Morgan fingerprint density at radius 1 is 1.03 bits per heavy atom. The van der Waals surface area contributed by atoms with Crippen molar-refractivity contribution in [3.63, 3.8) is 0 Å². The molecule has 0 spiro atoms. The number of hydrogen-bond donors (Lipinski definition) is 0. The van der Waals surface area contributed by atoms with Crippen LogP contribution < -0.4 is 0 Å². The molecule has 4 heterocycles. The van der Waals surface area contributed by atoms with Gasteiger partial charge in [-0.15, -0.1) is 0 Å². The van der Waals surface area contributed by atoms with Crippen molar-refractivity contribution in [3.05, 3.63) is 88.5 Å². The van der Waals surface area contributed by atoms with Gasteiger partial charge in [0.1, 0.15) is 23.3 Å². The molecule has 0 fully saturated rings. The Morgan fingerprint density at radius 3 is 2.52 bits per heavy atom. The average Bonchev–Trinajstić information content (AvgIpc) is 3.38. The van der Waals surface area contributed by atoms with Crippen LogP contribution in [0.1, 0.15) is 53.1 Å². The fourth-order valence-corrected chi connectivity index (χ4v) is 4.25. The SMILES string of the molecule is Cc1cn(-c2ccc(/C=C/c3nc4n(n3)CCC[C@@H]4c3c(F)cc(F)cc3F)nc2C)cn1. The van der Waals surface area contributed by atoms with Crippen LogP contribution in [0.15, 0.2) is 36.8 Å². The number of aromatic nitrogens is 6. The van der Waals surface area contributed by atoms with Crippen LogP contribution in [0.3, 0.4) is 0 Å². The third-order valence-corrected chi connectivity index (χ3v) is 5.76. The Bertz CT molecular complexity index is 1350. The molecule has 0 unspecified atom stereocenters. The van der Waals surface area contributed by atoms with E-state index in [1.165, 1.54) is 0 Å². The molecular weight excluding hydrogens is 429 g/mol. The lowest BCUT2D eigenvalue weighted by atomic mass is 9.90. The van der Waals surface area contributed by atoms with Gasteiger partial charge in [0.15, 0.2) is 5.82 Å². The minimum absolute atomic E-state index is 0.164. The molecule has 0 saturated heterocycles. The molecule has 3 aromatic heterocycles. The third-order valence-electron chi connectivity index (χ3n) is 5.76. The van der Waals surface area contributed by atoms with Crippen LogP contribution in [0.4, 0.5) is 13.2 Å². The summed E-state index contributed by atoms with van der Waals surface area (Å²) >= 11 is 0. The first-order valence-electron chi connectivity index (χ1n) is 10.6. The molecule has 0 N–H and O–H groups in total. The first kappa shape index (κ1) is 21.1. The second-order valence-electron chi connectivity index (χ2n) is 8.13. The number of halogens is 3. The fourth-order valence-electron chi connectivity index (χ4n) is 4.25. The van der Waals surface area contributed by atoms with Crippen molar-refractivity contribution in [2.75, 3.05) is 0 Å². The molecule has 4 aromatic rings. The van der Waals surface area contributed by atoms with Gasteiger partial charge in [-0.25, -0.2) is 27.8 Å². The molecule has 0 saturated carbocycles. The zero-order chi connectivity index (χ0) is 23.1. The minimum atomic E-state index is -0.938. The van der Waals surface area contributed by atoms with E-state index in [1.54, 1.807) is 23.2 Å². The summed E-state index contributed by atoms with van der Waals surface area (Å²) in [6, 6.07) is 5.26. The molecule has 33 heavy (non-hydrogen) atoms. The van der Waals surface area contributed by atoms with Crippen molar-refractivity contribution in [2.45, 2.75) is 39.2 Å². The summed E-state index contributed by atoms with van der Waals surface area (Å²) in [7, 11) is 0. The number of imidazole rings is 1. The number of aryl methyl sites for hydroxylation is 3. The molecule has 0 amide bonds. The highest BCUT2D eigenvalue weighted by atomic mass is 19.1. The van der Waals surface area contributed by atoms with Gasteiger partial charge in [0.2, 0.25) is 0 Å². The standard InChI is InChI=1S/C24H21F3N6/c1-14-12-32(13-28-14)21-7-5-17(29-15(21)2)6-8-22-30-24-18(4-3-9-33(24)31-22)23-19(26)10-16(25)11-20(23)27/h5-8,10-13,18H,3-4,9H2,1-2H3/b8-6+/t18-/m1/s1. The van der Waals surface area contributed by atoms with Crippen LogP contribution in [-0.2, 0) is 6.54 Å². The third kappa shape index (κ3) is 4.06. The van der Waals surface area contributed by atoms with Gasteiger partial charge in [-0.3, -0.25) is 4.98 Å². The second kappa shape index (κ2) is 8.31. The van der Waals surface area contributed by atoms with Crippen LogP contribution >= 0.6 is 0 Å². The zero-order valence-electron chi connectivity index (χ0n) is 18.1. The van der Waals surface area contributed by atoms with Gasteiger partial charge in [-0.1, -0.05) is 0 Å². The molecule has 1 aliphatic heterocycles. The highest BCUT2D eigenvalue weighted by Crippen LogP contribution is 2.35. The quantitative estimate of drug-likeness (QED) is 0.440. The van der Waals surface area contributed by atoms with Gasteiger partial charge in [-0.05, 0) is 51.0 Å². The van der Waals surface area contributed by atoms with Crippen molar-refractivity contribution < 1.29 is 13.2 Å². The van der Waals surface area contributed by atoms with Gasteiger partial charge >= 0.3 is 0 Å². The number of fused-ring (bicyclic) bond motifs is 1. The van der Waals surface area contributed by atoms with Crippen molar-refractivity contribution in [1.29, 1.82) is 0 Å². The second-order valence-corrected chi connectivity index (χ2v) is 8.13.